The van der Waals surface area contributed by atoms with Crippen LogP contribution in [0.4, 0.5) is 0 Å². The maximum absolute atomic E-state index is 6.02. The molecule has 1 aliphatic rings. The summed E-state index contributed by atoms with van der Waals surface area (Å²) in [5, 5.41) is 9.50. The third-order valence-corrected chi connectivity index (χ3v) is 5.06. The highest BCUT2D eigenvalue weighted by Gasteiger charge is 2.27. The van der Waals surface area contributed by atoms with E-state index in [2.05, 4.69) is 15.2 Å². The van der Waals surface area contributed by atoms with Gasteiger partial charge in [0.25, 0.3) is 0 Å². The molecule has 2 aromatic heterocycles. The fourth-order valence-corrected chi connectivity index (χ4v) is 3.59. The number of para-hydroxylation sites is 2. The number of hydrogen-bond acceptors (Lipinski definition) is 6. The molecule has 25 heavy (non-hydrogen) atoms. The fraction of sp³-hybridized carbons (Fsp3) is 0.278. The van der Waals surface area contributed by atoms with E-state index >= 15 is 0 Å². The highest BCUT2D eigenvalue weighted by atomic mass is 32.2. The van der Waals surface area contributed by atoms with Crippen LogP contribution in [-0.2, 0) is 13.5 Å². The molecule has 0 aliphatic carbocycles. The minimum Gasteiger partial charge on any atom is -0.485 e. The lowest BCUT2D eigenvalue weighted by atomic mass is 10.2. The van der Waals surface area contributed by atoms with Gasteiger partial charge in [0, 0.05) is 25.2 Å². The van der Waals surface area contributed by atoms with Gasteiger partial charge in [0.05, 0.1) is 0 Å². The van der Waals surface area contributed by atoms with Gasteiger partial charge in [0.2, 0.25) is 0 Å². The van der Waals surface area contributed by atoms with E-state index in [1.807, 2.05) is 60.4 Å². The fourth-order valence-electron chi connectivity index (χ4n) is 2.69. The van der Waals surface area contributed by atoms with E-state index < -0.39 is 0 Å². The molecule has 1 aliphatic heterocycles. The van der Waals surface area contributed by atoms with Crippen LogP contribution in [0.5, 0.6) is 11.5 Å². The number of hydrogen-bond donors (Lipinski definition) is 0. The van der Waals surface area contributed by atoms with E-state index in [0.717, 1.165) is 34.7 Å². The van der Waals surface area contributed by atoms with E-state index in [-0.39, 0.29) is 6.10 Å². The van der Waals surface area contributed by atoms with Crippen LogP contribution in [0.2, 0.25) is 0 Å². The number of aromatic nitrogens is 4. The van der Waals surface area contributed by atoms with Crippen molar-refractivity contribution in [3.05, 3.63) is 60.2 Å². The molecule has 0 radical (unpaired) electrons. The summed E-state index contributed by atoms with van der Waals surface area (Å²) in [4.78, 5) is 4.04. The van der Waals surface area contributed by atoms with Crippen molar-refractivity contribution in [2.45, 2.75) is 17.7 Å². The average Bonchev–Trinajstić information content (AvgIpc) is 3.03. The van der Waals surface area contributed by atoms with Crippen LogP contribution >= 0.6 is 11.8 Å². The van der Waals surface area contributed by atoms with Crippen molar-refractivity contribution < 1.29 is 9.47 Å². The third kappa shape index (κ3) is 3.46. The first-order chi connectivity index (χ1) is 12.3. The van der Waals surface area contributed by atoms with Crippen molar-refractivity contribution in [2.24, 2.45) is 7.05 Å². The lowest BCUT2D eigenvalue weighted by Gasteiger charge is -2.25. The minimum absolute atomic E-state index is 0.248. The molecular formula is C18H18N4O2S. The van der Waals surface area contributed by atoms with Gasteiger partial charge >= 0.3 is 0 Å². The summed E-state index contributed by atoms with van der Waals surface area (Å²) in [5.74, 6) is 3.23. The van der Waals surface area contributed by atoms with Gasteiger partial charge in [-0.3, -0.25) is 4.98 Å². The van der Waals surface area contributed by atoms with Crippen LogP contribution in [0.3, 0.4) is 0 Å². The standard InChI is InChI=1S/C18H18N4O2S/c1-22-17(16-12-23-14-4-2-3-5-15(14)24-16)20-21-18(22)25-11-8-13-6-9-19-10-7-13/h2-7,9-10,16H,8,11-12H2,1H3. The second-order valence-electron chi connectivity index (χ2n) is 5.72. The van der Waals surface area contributed by atoms with Crippen LogP contribution in [0, 0.1) is 0 Å². The first-order valence-electron chi connectivity index (χ1n) is 8.11. The van der Waals surface area contributed by atoms with Gasteiger partial charge in [-0.1, -0.05) is 23.9 Å². The minimum atomic E-state index is -0.248. The normalized spacial score (nSPS) is 16.0. The molecule has 0 bridgehead atoms. The van der Waals surface area contributed by atoms with Crippen LogP contribution < -0.4 is 9.47 Å². The Morgan fingerprint density at radius 1 is 1.12 bits per heavy atom. The molecule has 3 heterocycles. The van der Waals surface area contributed by atoms with Crippen molar-refractivity contribution in [3.63, 3.8) is 0 Å². The quantitative estimate of drug-likeness (QED) is 0.656. The summed E-state index contributed by atoms with van der Waals surface area (Å²) < 4.78 is 13.8. The molecular weight excluding hydrogens is 336 g/mol. The largest absolute Gasteiger partial charge is 0.485 e. The van der Waals surface area contributed by atoms with E-state index in [4.69, 9.17) is 9.47 Å². The Labute approximate surface area is 150 Å². The number of nitrogens with zero attached hydrogens (tertiary/aromatic N) is 4. The van der Waals surface area contributed by atoms with E-state index in [0.29, 0.717) is 6.61 Å². The Hall–Kier alpha value is -2.54. The topological polar surface area (TPSA) is 62.1 Å². The van der Waals surface area contributed by atoms with Crippen molar-refractivity contribution in [2.75, 3.05) is 12.4 Å². The van der Waals surface area contributed by atoms with Gasteiger partial charge in [-0.2, -0.15) is 0 Å². The lowest BCUT2D eigenvalue weighted by Crippen LogP contribution is -2.24. The molecule has 1 aromatic carbocycles. The van der Waals surface area contributed by atoms with Crippen molar-refractivity contribution in [3.8, 4) is 11.5 Å². The molecule has 0 spiro atoms. The summed E-state index contributed by atoms with van der Waals surface area (Å²) in [5.41, 5.74) is 1.27. The SMILES string of the molecule is Cn1c(SCCc2ccncc2)nnc1C1COc2ccccc2O1. The molecule has 1 unspecified atom stereocenters. The number of rotatable bonds is 5. The van der Waals surface area contributed by atoms with Crippen molar-refractivity contribution in [1.29, 1.82) is 0 Å². The molecule has 3 aromatic rings. The maximum atomic E-state index is 6.02. The molecule has 128 valence electrons. The highest BCUT2D eigenvalue weighted by molar-refractivity contribution is 7.99. The van der Waals surface area contributed by atoms with Gasteiger partial charge in [0.1, 0.15) is 6.61 Å². The zero-order valence-corrected chi connectivity index (χ0v) is 14.6. The van der Waals surface area contributed by atoms with Gasteiger partial charge in [-0.05, 0) is 36.2 Å². The van der Waals surface area contributed by atoms with Gasteiger partial charge in [0.15, 0.2) is 28.6 Å². The Bertz CT molecular complexity index is 853. The van der Waals surface area contributed by atoms with Crippen LogP contribution in [0.25, 0.3) is 0 Å². The van der Waals surface area contributed by atoms with Crippen molar-refractivity contribution in [1.82, 2.24) is 19.7 Å². The van der Waals surface area contributed by atoms with Crippen LogP contribution in [0.15, 0.2) is 53.9 Å². The summed E-state index contributed by atoms with van der Waals surface area (Å²) in [7, 11) is 1.97. The number of benzene rings is 1. The average molecular weight is 354 g/mol. The summed E-state index contributed by atoms with van der Waals surface area (Å²) in [6.45, 7) is 0.435. The molecule has 0 saturated heterocycles. The molecule has 0 saturated carbocycles. The second-order valence-corrected chi connectivity index (χ2v) is 6.78. The lowest BCUT2D eigenvalue weighted by molar-refractivity contribution is 0.0825. The molecule has 1 atom stereocenters. The Morgan fingerprint density at radius 2 is 1.92 bits per heavy atom. The monoisotopic (exact) mass is 354 g/mol. The van der Waals surface area contributed by atoms with E-state index in [9.17, 15) is 0 Å². The first kappa shape index (κ1) is 16.0. The summed E-state index contributed by atoms with van der Waals surface area (Å²) in [6, 6.07) is 11.7. The Balaban J connectivity index is 1.41. The number of aryl methyl sites for hydroxylation is 1. The predicted octanol–water partition coefficient (Wildman–Crippen LogP) is 3.06. The molecule has 7 heteroatoms. The summed E-state index contributed by atoms with van der Waals surface area (Å²) >= 11 is 1.68. The summed E-state index contributed by atoms with van der Waals surface area (Å²) in [6.07, 6.45) is 4.35. The van der Waals surface area contributed by atoms with Crippen molar-refractivity contribution >= 4 is 11.8 Å². The Morgan fingerprint density at radius 3 is 2.76 bits per heavy atom. The predicted molar refractivity (Wildman–Crippen MR) is 95.0 cm³/mol. The van der Waals surface area contributed by atoms with Crippen LogP contribution in [-0.4, -0.2) is 32.1 Å². The maximum Gasteiger partial charge on any atom is 0.192 e. The van der Waals surface area contributed by atoms with Crippen LogP contribution in [0.1, 0.15) is 17.5 Å². The third-order valence-electron chi connectivity index (χ3n) is 4.04. The smallest absolute Gasteiger partial charge is 0.192 e. The van der Waals surface area contributed by atoms with Gasteiger partial charge in [-0.25, -0.2) is 0 Å². The molecule has 6 nitrogen and oxygen atoms in total. The van der Waals surface area contributed by atoms with Gasteiger partial charge in [-0.15, -0.1) is 10.2 Å². The number of fused-ring (bicyclic) bond motifs is 1. The number of ether oxygens (including phenoxy) is 2. The first-order valence-corrected chi connectivity index (χ1v) is 9.09. The molecule has 4 rings (SSSR count). The molecule has 0 amide bonds. The highest BCUT2D eigenvalue weighted by Crippen LogP contribution is 2.35. The number of pyridine rings is 1. The second kappa shape index (κ2) is 7.14. The number of thioether (sulfide) groups is 1. The van der Waals surface area contributed by atoms with E-state index in [1.54, 1.807) is 11.8 Å². The zero-order valence-electron chi connectivity index (χ0n) is 13.8. The molecule has 0 fully saturated rings. The Kier molecular flexibility index (Phi) is 4.56. The zero-order chi connectivity index (χ0) is 17.1. The van der Waals surface area contributed by atoms with E-state index in [1.165, 1.54) is 5.56 Å². The molecule has 0 N–H and O–H groups in total. The van der Waals surface area contributed by atoms with Gasteiger partial charge < -0.3 is 14.0 Å².